The molecule has 0 spiro atoms. The number of carbonyl (C=O) groups excluding carboxylic acids is 1. The van der Waals surface area contributed by atoms with Crippen molar-refractivity contribution in [1.82, 2.24) is 25.0 Å². The van der Waals surface area contributed by atoms with Crippen molar-refractivity contribution >= 4 is 5.91 Å². The maximum absolute atomic E-state index is 12.6. The van der Waals surface area contributed by atoms with Crippen molar-refractivity contribution in [1.29, 1.82) is 0 Å². The third-order valence-electron chi connectivity index (χ3n) is 5.02. The second kappa shape index (κ2) is 6.12. The molecule has 2 aliphatic rings. The second-order valence-corrected chi connectivity index (χ2v) is 6.39. The summed E-state index contributed by atoms with van der Waals surface area (Å²) in [6.07, 6.45) is 8.00. The quantitative estimate of drug-likeness (QED) is 0.922. The zero-order chi connectivity index (χ0) is 15.6. The van der Waals surface area contributed by atoms with Crippen LogP contribution >= 0.6 is 0 Å². The predicted octanol–water partition coefficient (Wildman–Crippen LogP) is 1.22. The molecule has 2 aromatic heterocycles. The number of carbonyl (C=O) groups is 1. The first-order chi connectivity index (χ1) is 11.3. The van der Waals surface area contributed by atoms with Gasteiger partial charge in [0.2, 0.25) is 5.91 Å². The summed E-state index contributed by atoms with van der Waals surface area (Å²) in [6.45, 7) is 2.85. The molecule has 2 saturated heterocycles. The maximum atomic E-state index is 12.6. The Morgan fingerprint density at radius 3 is 2.91 bits per heavy atom. The van der Waals surface area contributed by atoms with Crippen LogP contribution in [0.25, 0.3) is 0 Å². The van der Waals surface area contributed by atoms with Crippen LogP contribution in [0.1, 0.15) is 24.1 Å². The van der Waals surface area contributed by atoms with Crippen LogP contribution in [0, 0.1) is 0 Å². The van der Waals surface area contributed by atoms with E-state index in [0.717, 1.165) is 38.2 Å². The highest BCUT2D eigenvalue weighted by molar-refractivity contribution is 5.79. The SMILES string of the molecule is O=C(Cc1ccn[nH]1)N1CC[C@H]2[C@@H]1CCN2Cc1cccnc1. The molecule has 0 unspecified atom stereocenters. The molecule has 0 radical (unpaired) electrons. The zero-order valence-corrected chi connectivity index (χ0v) is 13.1. The molecule has 0 aromatic carbocycles. The molecule has 1 amide bonds. The molecule has 120 valence electrons. The number of amides is 1. The van der Waals surface area contributed by atoms with E-state index in [1.165, 1.54) is 5.56 Å². The van der Waals surface area contributed by atoms with E-state index < -0.39 is 0 Å². The topological polar surface area (TPSA) is 65.1 Å². The summed E-state index contributed by atoms with van der Waals surface area (Å²) >= 11 is 0. The van der Waals surface area contributed by atoms with E-state index in [0.29, 0.717) is 18.5 Å². The molecule has 6 heteroatoms. The van der Waals surface area contributed by atoms with Gasteiger partial charge in [-0.15, -0.1) is 0 Å². The van der Waals surface area contributed by atoms with Gasteiger partial charge in [0.15, 0.2) is 0 Å². The highest BCUT2D eigenvalue weighted by atomic mass is 16.2. The molecule has 2 fully saturated rings. The molecule has 2 aliphatic heterocycles. The lowest BCUT2D eigenvalue weighted by Gasteiger charge is -2.25. The normalized spacial score (nSPS) is 24.1. The first-order valence-electron chi connectivity index (χ1n) is 8.22. The van der Waals surface area contributed by atoms with Gasteiger partial charge in [-0.2, -0.15) is 5.10 Å². The minimum absolute atomic E-state index is 0.213. The number of likely N-dealkylation sites (tertiary alicyclic amines) is 2. The van der Waals surface area contributed by atoms with Crippen molar-refractivity contribution in [3.05, 3.63) is 48.0 Å². The largest absolute Gasteiger partial charge is 0.338 e. The lowest BCUT2D eigenvalue weighted by atomic mass is 10.1. The molecular formula is C17H21N5O. The summed E-state index contributed by atoms with van der Waals surface area (Å²) in [6, 6.07) is 6.83. The van der Waals surface area contributed by atoms with Crippen molar-refractivity contribution in [3.8, 4) is 0 Å². The fourth-order valence-electron chi connectivity index (χ4n) is 3.96. The van der Waals surface area contributed by atoms with Crippen LogP contribution in [-0.4, -0.2) is 56.1 Å². The number of fused-ring (bicyclic) bond motifs is 1. The molecule has 0 bridgehead atoms. The Balaban J connectivity index is 1.40. The number of nitrogens with one attached hydrogen (secondary N) is 1. The van der Waals surface area contributed by atoms with Crippen molar-refractivity contribution in [2.24, 2.45) is 0 Å². The molecule has 0 saturated carbocycles. The van der Waals surface area contributed by atoms with Crippen LogP contribution in [0.5, 0.6) is 0 Å². The Bertz CT molecular complexity index is 657. The highest BCUT2D eigenvalue weighted by Gasteiger charge is 2.43. The summed E-state index contributed by atoms with van der Waals surface area (Å²) in [7, 11) is 0. The fourth-order valence-corrected chi connectivity index (χ4v) is 3.96. The van der Waals surface area contributed by atoms with Gasteiger partial charge in [0.25, 0.3) is 0 Å². The van der Waals surface area contributed by atoms with E-state index in [9.17, 15) is 4.79 Å². The van der Waals surface area contributed by atoms with Crippen LogP contribution in [0.3, 0.4) is 0 Å². The van der Waals surface area contributed by atoms with Gasteiger partial charge in [-0.25, -0.2) is 0 Å². The molecule has 1 N–H and O–H groups in total. The smallest absolute Gasteiger partial charge is 0.228 e. The van der Waals surface area contributed by atoms with Crippen molar-refractivity contribution in [3.63, 3.8) is 0 Å². The van der Waals surface area contributed by atoms with Gasteiger partial charge >= 0.3 is 0 Å². The highest BCUT2D eigenvalue weighted by Crippen LogP contribution is 2.32. The summed E-state index contributed by atoms with van der Waals surface area (Å²) in [5.41, 5.74) is 2.14. The number of H-pyrrole nitrogens is 1. The molecule has 4 rings (SSSR count). The number of hydrogen-bond acceptors (Lipinski definition) is 4. The third-order valence-corrected chi connectivity index (χ3v) is 5.02. The van der Waals surface area contributed by atoms with Gasteiger partial charge < -0.3 is 4.90 Å². The molecular weight excluding hydrogens is 290 g/mol. The number of hydrogen-bond donors (Lipinski definition) is 1. The Labute approximate surface area is 135 Å². The van der Waals surface area contributed by atoms with Gasteiger partial charge in [0.05, 0.1) is 6.42 Å². The second-order valence-electron chi connectivity index (χ2n) is 6.39. The summed E-state index contributed by atoms with van der Waals surface area (Å²) in [4.78, 5) is 21.3. The predicted molar refractivity (Wildman–Crippen MR) is 85.5 cm³/mol. The number of rotatable bonds is 4. The van der Waals surface area contributed by atoms with E-state index in [-0.39, 0.29) is 5.91 Å². The van der Waals surface area contributed by atoms with Gasteiger partial charge in [-0.3, -0.25) is 19.8 Å². The van der Waals surface area contributed by atoms with Crippen LogP contribution < -0.4 is 0 Å². The van der Waals surface area contributed by atoms with E-state index in [4.69, 9.17) is 0 Å². The standard InChI is InChI=1S/C17H21N5O/c23-17(10-14-3-7-19-20-14)22-9-5-15-16(22)4-8-21(15)12-13-2-1-6-18-11-13/h1-3,6-7,11,15-16H,4-5,8-10,12H2,(H,19,20)/t15-,16-/m0/s1. The third kappa shape index (κ3) is 2.86. The van der Waals surface area contributed by atoms with E-state index >= 15 is 0 Å². The summed E-state index contributed by atoms with van der Waals surface area (Å²) < 4.78 is 0. The van der Waals surface area contributed by atoms with Gasteiger partial charge in [0.1, 0.15) is 0 Å². The Morgan fingerprint density at radius 1 is 1.22 bits per heavy atom. The van der Waals surface area contributed by atoms with E-state index in [2.05, 4.69) is 31.0 Å². The Kier molecular flexibility index (Phi) is 3.83. The molecule has 4 heterocycles. The first kappa shape index (κ1) is 14.4. The lowest BCUT2D eigenvalue weighted by Crippen LogP contribution is -2.40. The Morgan fingerprint density at radius 2 is 2.13 bits per heavy atom. The zero-order valence-electron chi connectivity index (χ0n) is 13.1. The molecule has 6 nitrogen and oxygen atoms in total. The fraction of sp³-hybridized carbons (Fsp3) is 0.471. The van der Waals surface area contributed by atoms with E-state index in [1.807, 2.05) is 24.5 Å². The van der Waals surface area contributed by atoms with Crippen LogP contribution in [0.4, 0.5) is 0 Å². The molecule has 2 aromatic rings. The van der Waals surface area contributed by atoms with Gasteiger partial charge in [-0.05, 0) is 30.5 Å². The van der Waals surface area contributed by atoms with Crippen LogP contribution in [0.2, 0.25) is 0 Å². The molecule has 2 atom stereocenters. The molecule has 23 heavy (non-hydrogen) atoms. The summed E-state index contributed by atoms with van der Waals surface area (Å²) in [5, 5.41) is 6.80. The minimum atomic E-state index is 0.213. The molecule has 0 aliphatic carbocycles. The number of aromatic amines is 1. The average Bonchev–Trinajstić information content (AvgIpc) is 3.27. The maximum Gasteiger partial charge on any atom is 0.228 e. The van der Waals surface area contributed by atoms with Gasteiger partial charge in [0, 0.05) is 56.0 Å². The van der Waals surface area contributed by atoms with E-state index in [1.54, 1.807) is 6.20 Å². The lowest BCUT2D eigenvalue weighted by molar-refractivity contribution is -0.131. The monoisotopic (exact) mass is 311 g/mol. The first-order valence-corrected chi connectivity index (χ1v) is 8.22. The van der Waals surface area contributed by atoms with Crippen molar-refractivity contribution < 1.29 is 4.79 Å². The Hall–Kier alpha value is -2.21. The van der Waals surface area contributed by atoms with Crippen LogP contribution in [0.15, 0.2) is 36.8 Å². The summed E-state index contributed by atoms with van der Waals surface area (Å²) in [5.74, 6) is 0.213. The number of nitrogens with zero attached hydrogens (tertiary/aromatic N) is 4. The van der Waals surface area contributed by atoms with Crippen molar-refractivity contribution in [2.45, 2.75) is 37.9 Å². The van der Waals surface area contributed by atoms with Crippen molar-refractivity contribution in [2.75, 3.05) is 13.1 Å². The van der Waals surface area contributed by atoms with Crippen LogP contribution in [-0.2, 0) is 17.8 Å². The average molecular weight is 311 g/mol. The number of aromatic nitrogens is 3. The minimum Gasteiger partial charge on any atom is -0.338 e. The number of pyridine rings is 1. The van der Waals surface area contributed by atoms with Gasteiger partial charge in [-0.1, -0.05) is 6.07 Å².